The van der Waals surface area contributed by atoms with E-state index >= 15 is 0 Å². The van der Waals surface area contributed by atoms with Crippen molar-refractivity contribution in [3.63, 3.8) is 0 Å². The number of nitrogens with one attached hydrogen (secondary N) is 1. The van der Waals surface area contributed by atoms with E-state index in [1.165, 1.54) is 4.68 Å². The number of hydrogen-bond donors (Lipinski definition) is 1. The Morgan fingerprint density at radius 3 is 2.85 bits per heavy atom. The maximum absolute atomic E-state index is 12.6. The molecule has 2 heterocycles. The molecule has 1 N–H and O–H groups in total. The van der Waals surface area contributed by atoms with E-state index in [4.69, 9.17) is 16.0 Å². The van der Waals surface area contributed by atoms with E-state index in [0.29, 0.717) is 22.2 Å². The van der Waals surface area contributed by atoms with E-state index in [0.717, 1.165) is 12.8 Å². The molecule has 0 saturated heterocycles. The van der Waals surface area contributed by atoms with Crippen LogP contribution in [0.1, 0.15) is 29.2 Å². The monoisotopic (exact) mass is 372 g/mol. The van der Waals surface area contributed by atoms with Gasteiger partial charge in [0.15, 0.2) is 5.76 Å². The number of furan rings is 1. The highest BCUT2D eigenvalue weighted by molar-refractivity contribution is 6.30. The zero-order chi connectivity index (χ0) is 18.1. The predicted molar refractivity (Wildman–Crippen MR) is 96.2 cm³/mol. The molecular formula is C18H17ClN4O3. The van der Waals surface area contributed by atoms with E-state index in [1.54, 1.807) is 47.2 Å². The Balaban J connectivity index is 1.48. The van der Waals surface area contributed by atoms with Crippen molar-refractivity contribution in [3.8, 4) is 11.6 Å². The zero-order valence-corrected chi connectivity index (χ0v) is 14.6. The Hall–Kier alpha value is -2.80. The molecule has 134 valence electrons. The SMILES string of the molecule is O=C(NCCn1nc(-c2ccco2)n(C2CC2)c1=O)c1cccc(Cl)c1. The van der Waals surface area contributed by atoms with Crippen LogP contribution in [0.25, 0.3) is 11.6 Å². The molecule has 0 aliphatic heterocycles. The molecule has 1 amide bonds. The first-order valence-electron chi connectivity index (χ1n) is 8.40. The van der Waals surface area contributed by atoms with E-state index in [1.807, 2.05) is 0 Å². The summed E-state index contributed by atoms with van der Waals surface area (Å²) in [7, 11) is 0. The summed E-state index contributed by atoms with van der Waals surface area (Å²) in [5.41, 5.74) is 0.292. The van der Waals surface area contributed by atoms with Crippen LogP contribution in [0, 0.1) is 0 Å². The topological polar surface area (TPSA) is 82.1 Å². The average molecular weight is 373 g/mol. The number of hydrogen-bond acceptors (Lipinski definition) is 4. The molecule has 1 aromatic carbocycles. The van der Waals surface area contributed by atoms with Crippen LogP contribution < -0.4 is 11.0 Å². The third kappa shape index (κ3) is 3.30. The van der Waals surface area contributed by atoms with Gasteiger partial charge in [0, 0.05) is 23.2 Å². The molecule has 0 spiro atoms. The fourth-order valence-electron chi connectivity index (χ4n) is 2.81. The normalized spacial score (nSPS) is 13.7. The summed E-state index contributed by atoms with van der Waals surface area (Å²) in [4.78, 5) is 24.8. The zero-order valence-electron chi connectivity index (χ0n) is 13.9. The van der Waals surface area contributed by atoms with Crippen LogP contribution in [0.5, 0.6) is 0 Å². The third-order valence-corrected chi connectivity index (χ3v) is 4.46. The van der Waals surface area contributed by atoms with Gasteiger partial charge in [-0.05, 0) is 43.2 Å². The van der Waals surface area contributed by atoms with Crippen molar-refractivity contribution in [1.29, 1.82) is 0 Å². The lowest BCUT2D eigenvalue weighted by Crippen LogP contribution is -2.32. The second-order valence-electron chi connectivity index (χ2n) is 6.17. The third-order valence-electron chi connectivity index (χ3n) is 4.22. The maximum atomic E-state index is 12.6. The first-order chi connectivity index (χ1) is 12.6. The predicted octanol–water partition coefficient (Wildman–Crippen LogP) is 2.72. The number of carbonyl (C=O) groups is 1. The molecule has 0 bridgehead atoms. The summed E-state index contributed by atoms with van der Waals surface area (Å²) in [5.74, 6) is 0.854. The molecule has 1 aliphatic carbocycles. The molecule has 26 heavy (non-hydrogen) atoms. The van der Waals surface area contributed by atoms with Gasteiger partial charge in [0.2, 0.25) is 5.82 Å². The molecule has 8 heteroatoms. The van der Waals surface area contributed by atoms with Crippen LogP contribution in [0.4, 0.5) is 0 Å². The van der Waals surface area contributed by atoms with Crippen LogP contribution in [-0.2, 0) is 6.54 Å². The van der Waals surface area contributed by atoms with Gasteiger partial charge in [-0.15, -0.1) is 5.10 Å². The Kier molecular flexibility index (Phi) is 4.38. The lowest BCUT2D eigenvalue weighted by atomic mass is 10.2. The number of rotatable bonds is 6. The minimum Gasteiger partial charge on any atom is -0.461 e. The molecule has 0 unspecified atom stereocenters. The standard InChI is InChI=1S/C18H17ClN4O3/c19-13-4-1-3-12(11-13)17(24)20-8-9-22-18(25)23(14-6-7-14)16(21-22)15-5-2-10-26-15/h1-5,10-11,14H,6-9H2,(H,20,24). The molecule has 1 aliphatic rings. The van der Waals surface area contributed by atoms with Crippen molar-refractivity contribution in [2.45, 2.75) is 25.4 Å². The molecule has 3 aromatic rings. The fraction of sp³-hybridized carbons (Fsp3) is 0.278. The number of amides is 1. The fourth-order valence-corrected chi connectivity index (χ4v) is 3.00. The largest absolute Gasteiger partial charge is 0.461 e. The molecule has 0 radical (unpaired) electrons. The average Bonchev–Trinajstić information content (AvgIpc) is 3.20. The Morgan fingerprint density at radius 1 is 1.31 bits per heavy atom. The minimum absolute atomic E-state index is 0.178. The molecule has 2 aromatic heterocycles. The van der Waals surface area contributed by atoms with Gasteiger partial charge < -0.3 is 9.73 Å². The lowest BCUT2D eigenvalue weighted by molar-refractivity contribution is 0.0951. The molecule has 4 rings (SSSR count). The summed E-state index contributed by atoms with van der Waals surface area (Å²) in [5, 5.41) is 7.68. The smallest absolute Gasteiger partial charge is 0.346 e. The lowest BCUT2D eigenvalue weighted by Gasteiger charge is -2.05. The highest BCUT2D eigenvalue weighted by Gasteiger charge is 2.31. The number of carbonyl (C=O) groups excluding carboxylic acids is 1. The van der Waals surface area contributed by atoms with Crippen LogP contribution in [0.3, 0.4) is 0 Å². The highest BCUT2D eigenvalue weighted by atomic mass is 35.5. The first kappa shape index (κ1) is 16.7. The summed E-state index contributed by atoms with van der Waals surface area (Å²) in [6, 6.07) is 10.4. The molecule has 7 nitrogen and oxygen atoms in total. The minimum atomic E-state index is -0.242. The Morgan fingerprint density at radius 2 is 2.15 bits per heavy atom. The molecule has 0 atom stereocenters. The summed E-state index contributed by atoms with van der Waals surface area (Å²) in [6.07, 6.45) is 3.48. The van der Waals surface area contributed by atoms with E-state index in [2.05, 4.69) is 10.4 Å². The Bertz CT molecular complexity index is 986. The van der Waals surface area contributed by atoms with Crippen LogP contribution in [0.15, 0.2) is 51.9 Å². The molecule has 1 fully saturated rings. The van der Waals surface area contributed by atoms with Crippen molar-refractivity contribution in [3.05, 3.63) is 63.7 Å². The van der Waals surface area contributed by atoms with E-state index in [-0.39, 0.29) is 30.7 Å². The van der Waals surface area contributed by atoms with Gasteiger partial charge in [-0.2, -0.15) is 0 Å². The highest BCUT2D eigenvalue weighted by Crippen LogP contribution is 2.36. The van der Waals surface area contributed by atoms with Gasteiger partial charge in [-0.3, -0.25) is 9.36 Å². The first-order valence-corrected chi connectivity index (χ1v) is 8.78. The molecular weight excluding hydrogens is 356 g/mol. The number of halogens is 1. The van der Waals surface area contributed by atoms with Gasteiger partial charge in [-0.25, -0.2) is 9.48 Å². The van der Waals surface area contributed by atoms with E-state index < -0.39 is 0 Å². The number of benzene rings is 1. The maximum Gasteiger partial charge on any atom is 0.346 e. The van der Waals surface area contributed by atoms with Crippen LogP contribution >= 0.6 is 11.6 Å². The van der Waals surface area contributed by atoms with Gasteiger partial charge in [0.05, 0.1) is 12.8 Å². The quantitative estimate of drug-likeness (QED) is 0.721. The van der Waals surface area contributed by atoms with Crippen molar-refractivity contribution in [2.75, 3.05) is 6.54 Å². The summed E-state index contributed by atoms with van der Waals surface area (Å²) < 4.78 is 8.45. The second kappa shape index (κ2) is 6.84. The van der Waals surface area contributed by atoms with Gasteiger partial charge in [0.1, 0.15) is 0 Å². The van der Waals surface area contributed by atoms with Crippen molar-refractivity contribution < 1.29 is 9.21 Å². The van der Waals surface area contributed by atoms with Gasteiger partial charge in [0.25, 0.3) is 5.91 Å². The van der Waals surface area contributed by atoms with Crippen molar-refractivity contribution in [1.82, 2.24) is 19.7 Å². The number of nitrogens with zero attached hydrogens (tertiary/aromatic N) is 3. The van der Waals surface area contributed by atoms with Crippen LogP contribution in [0.2, 0.25) is 5.02 Å². The van der Waals surface area contributed by atoms with Crippen molar-refractivity contribution >= 4 is 17.5 Å². The summed E-state index contributed by atoms with van der Waals surface area (Å²) >= 11 is 5.90. The van der Waals surface area contributed by atoms with Crippen LogP contribution in [-0.4, -0.2) is 26.8 Å². The van der Waals surface area contributed by atoms with E-state index in [9.17, 15) is 9.59 Å². The molecule has 1 saturated carbocycles. The number of aromatic nitrogens is 3. The Labute approximate surface area is 154 Å². The second-order valence-corrected chi connectivity index (χ2v) is 6.61. The van der Waals surface area contributed by atoms with Crippen molar-refractivity contribution in [2.24, 2.45) is 0 Å². The van der Waals surface area contributed by atoms with Gasteiger partial charge >= 0.3 is 5.69 Å². The summed E-state index contributed by atoms with van der Waals surface area (Å²) in [6.45, 7) is 0.559. The van der Waals surface area contributed by atoms with Gasteiger partial charge in [-0.1, -0.05) is 17.7 Å².